The van der Waals surface area contributed by atoms with Gasteiger partial charge in [-0.1, -0.05) is 6.42 Å². The summed E-state index contributed by atoms with van der Waals surface area (Å²) >= 11 is 0. The van der Waals surface area contributed by atoms with Gasteiger partial charge in [0.2, 0.25) is 6.43 Å². The lowest BCUT2D eigenvalue weighted by Gasteiger charge is -2.20. The zero-order valence-corrected chi connectivity index (χ0v) is 6.60. The highest BCUT2D eigenvalue weighted by molar-refractivity contribution is 4.89. The van der Waals surface area contributed by atoms with Crippen LogP contribution >= 0.6 is 0 Å². The first kappa shape index (κ1) is 7.51. The van der Waals surface area contributed by atoms with Crippen LogP contribution in [-0.2, 0) is 0 Å². The van der Waals surface area contributed by atoms with Crippen molar-refractivity contribution in [2.24, 2.45) is 17.8 Å². The predicted octanol–water partition coefficient (Wildman–Crippen LogP) is 3.08. The molecule has 0 nitrogen and oxygen atoms in total. The molecular formula is C9H14F2. The van der Waals surface area contributed by atoms with E-state index in [1.165, 1.54) is 19.3 Å². The van der Waals surface area contributed by atoms with E-state index in [9.17, 15) is 8.78 Å². The molecule has 0 radical (unpaired) electrons. The molecule has 0 saturated heterocycles. The zero-order chi connectivity index (χ0) is 7.84. The van der Waals surface area contributed by atoms with Crippen molar-refractivity contribution >= 4 is 0 Å². The molecule has 2 rings (SSSR count). The molecule has 0 amide bonds. The van der Waals surface area contributed by atoms with Crippen LogP contribution in [0.5, 0.6) is 0 Å². The Kier molecular flexibility index (Phi) is 1.86. The highest BCUT2D eigenvalue weighted by atomic mass is 19.3. The van der Waals surface area contributed by atoms with Gasteiger partial charge in [0.25, 0.3) is 0 Å². The van der Waals surface area contributed by atoms with Crippen molar-refractivity contribution in [1.82, 2.24) is 0 Å². The van der Waals surface area contributed by atoms with E-state index in [1.807, 2.05) is 0 Å². The molecule has 2 aliphatic carbocycles. The van der Waals surface area contributed by atoms with Crippen molar-refractivity contribution in [3.05, 3.63) is 0 Å². The van der Waals surface area contributed by atoms with E-state index < -0.39 is 6.43 Å². The Labute approximate surface area is 66.0 Å². The van der Waals surface area contributed by atoms with Crippen LogP contribution in [-0.4, -0.2) is 6.43 Å². The summed E-state index contributed by atoms with van der Waals surface area (Å²) in [7, 11) is 0. The molecule has 64 valence electrons. The van der Waals surface area contributed by atoms with Crippen molar-refractivity contribution in [1.29, 1.82) is 0 Å². The summed E-state index contributed by atoms with van der Waals surface area (Å²) in [6.45, 7) is 0. The second-order valence-electron chi connectivity index (χ2n) is 4.06. The van der Waals surface area contributed by atoms with Crippen molar-refractivity contribution in [2.45, 2.75) is 38.5 Å². The quantitative estimate of drug-likeness (QED) is 0.582. The smallest absolute Gasteiger partial charge is 0.211 e. The Morgan fingerprint density at radius 2 is 2.00 bits per heavy atom. The van der Waals surface area contributed by atoms with Crippen molar-refractivity contribution in [3.8, 4) is 0 Å². The molecule has 0 heterocycles. The Morgan fingerprint density at radius 1 is 1.18 bits per heavy atom. The summed E-state index contributed by atoms with van der Waals surface area (Å²) in [4.78, 5) is 0. The summed E-state index contributed by atoms with van der Waals surface area (Å²) in [6.07, 6.45) is 2.97. The van der Waals surface area contributed by atoms with E-state index in [4.69, 9.17) is 0 Å². The molecule has 2 saturated carbocycles. The van der Waals surface area contributed by atoms with E-state index in [1.54, 1.807) is 0 Å². The standard InChI is InChI=1S/C9H14F2/c10-9(11)5-8-4-6-1-2-7(8)3-6/h6-9H,1-5H2/t6?,7?,8-/m0/s1. The lowest BCUT2D eigenvalue weighted by molar-refractivity contribution is 0.0987. The fourth-order valence-electron chi connectivity index (χ4n) is 2.89. The number of hydrogen-bond donors (Lipinski definition) is 0. The van der Waals surface area contributed by atoms with Gasteiger partial charge in [-0.3, -0.25) is 0 Å². The maximum Gasteiger partial charge on any atom is 0.238 e. The van der Waals surface area contributed by atoms with E-state index >= 15 is 0 Å². The average Bonchev–Trinajstić information content (AvgIpc) is 2.45. The Balaban J connectivity index is 1.87. The van der Waals surface area contributed by atoms with Gasteiger partial charge in [-0.15, -0.1) is 0 Å². The van der Waals surface area contributed by atoms with Gasteiger partial charge >= 0.3 is 0 Å². The first-order chi connectivity index (χ1) is 5.25. The van der Waals surface area contributed by atoms with Crippen LogP contribution in [0.4, 0.5) is 8.78 Å². The second-order valence-corrected chi connectivity index (χ2v) is 4.06. The normalized spacial score (nSPS) is 42.3. The van der Waals surface area contributed by atoms with Crippen molar-refractivity contribution in [2.75, 3.05) is 0 Å². The van der Waals surface area contributed by atoms with Gasteiger partial charge in [-0.05, 0) is 37.0 Å². The van der Waals surface area contributed by atoms with Gasteiger partial charge in [0, 0.05) is 6.42 Å². The molecule has 2 heteroatoms. The molecule has 3 atom stereocenters. The van der Waals surface area contributed by atoms with E-state index in [2.05, 4.69) is 0 Å². The number of rotatable bonds is 2. The fraction of sp³-hybridized carbons (Fsp3) is 1.00. The summed E-state index contributed by atoms with van der Waals surface area (Å²) < 4.78 is 24.0. The molecule has 11 heavy (non-hydrogen) atoms. The van der Waals surface area contributed by atoms with Gasteiger partial charge in [0.15, 0.2) is 0 Å². The average molecular weight is 160 g/mol. The summed E-state index contributed by atoms with van der Waals surface area (Å²) in [5.74, 6) is 1.84. The van der Waals surface area contributed by atoms with Crippen molar-refractivity contribution < 1.29 is 8.78 Å². The molecule has 2 fully saturated rings. The molecular weight excluding hydrogens is 146 g/mol. The zero-order valence-electron chi connectivity index (χ0n) is 6.60. The topological polar surface area (TPSA) is 0 Å². The van der Waals surface area contributed by atoms with Crippen molar-refractivity contribution in [3.63, 3.8) is 0 Å². The maximum absolute atomic E-state index is 12.0. The molecule has 2 bridgehead atoms. The second kappa shape index (κ2) is 2.72. The highest BCUT2D eigenvalue weighted by Crippen LogP contribution is 2.50. The monoisotopic (exact) mass is 160 g/mol. The largest absolute Gasteiger partial charge is 0.238 e. The first-order valence-corrected chi connectivity index (χ1v) is 4.54. The highest BCUT2D eigenvalue weighted by Gasteiger charge is 2.40. The summed E-state index contributed by atoms with van der Waals surface area (Å²) in [6, 6.07) is 0. The van der Waals surface area contributed by atoms with Gasteiger partial charge in [-0.2, -0.15) is 0 Å². The molecule has 0 N–H and O–H groups in total. The molecule has 2 unspecified atom stereocenters. The first-order valence-electron chi connectivity index (χ1n) is 4.54. The number of fused-ring (bicyclic) bond motifs is 2. The lowest BCUT2D eigenvalue weighted by atomic mass is 9.87. The number of hydrogen-bond acceptors (Lipinski definition) is 0. The Hall–Kier alpha value is -0.140. The fourth-order valence-corrected chi connectivity index (χ4v) is 2.89. The molecule has 2 aliphatic rings. The van der Waals surface area contributed by atoms with Gasteiger partial charge in [0.1, 0.15) is 0 Å². The van der Waals surface area contributed by atoms with Crippen LogP contribution in [0.25, 0.3) is 0 Å². The van der Waals surface area contributed by atoms with Gasteiger partial charge in [0.05, 0.1) is 0 Å². The third-order valence-corrected chi connectivity index (χ3v) is 3.37. The summed E-state index contributed by atoms with van der Waals surface area (Å²) in [5.41, 5.74) is 0. The minimum atomic E-state index is -2.07. The Morgan fingerprint density at radius 3 is 2.45 bits per heavy atom. The van der Waals surface area contributed by atoms with Crippen LogP contribution in [0, 0.1) is 17.8 Å². The third kappa shape index (κ3) is 1.40. The number of halogens is 2. The Bertz CT molecular complexity index is 144. The van der Waals surface area contributed by atoms with Gasteiger partial charge < -0.3 is 0 Å². The van der Waals surface area contributed by atoms with Crippen LogP contribution < -0.4 is 0 Å². The van der Waals surface area contributed by atoms with E-state index in [-0.39, 0.29) is 6.42 Å². The minimum absolute atomic E-state index is 0.168. The molecule has 0 aromatic rings. The van der Waals surface area contributed by atoms with Crippen LogP contribution in [0.15, 0.2) is 0 Å². The third-order valence-electron chi connectivity index (χ3n) is 3.37. The minimum Gasteiger partial charge on any atom is -0.211 e. The van der Waals surface area contributed by atoms with E-state index in [0.29, 0.717) is 11.8 Å². The lowest BCUT2D eigenvalue weighted by Crippen LogP contribution is -2.13. The maximum atomic E-state index is 12.0. The molecule has 0 aliphatic heterocycles. The van der Waals surface area contributed by atoms with Gasteiger partial charge in [-0.25, -0.2) is 8.78 Å². The van der Waals surface area contributed by atoms with Crippen LogP contribution in [0.2, 0.25) is 0 Å². The molecule has 0 aromatic heterocycles. The van der Waals surface area contributed by atoms with E-state index in [0.717, 1.165) is 12.3 Å². The summed E-state index contributed by atoms with van der Waals surface area (Å²) in [5, 5.41) is 0. The number of alkyl halides is 2. The van der Waals surface area contributed by atoms with Crippen LogP contribution in [0.1, 0.15) is 32.1 Å². The SMILES string of the molecule is FC(F)C[C@@H]1CC2CCC1C2. The molecule has 0 spiro atoms. The molecule has 0 aromatic carbocycles. The van der Waals surface area contributed by atoms with Crippen LogP contribution in [0.3, 0.4) is 0 Å². The predicted molar refractivity (Wildman–Crippen MR) is 39.6 cm³/mol.